The Morgan fingerprint density at radius 1 is 1.17 bits per heavy atom. The van der Waals surface area contributed by atoms with Gasteiger partial charge in [0.05, 0.1) is 18.8 Å². The fourth-order valence-electron chi connectivity index (χ4n) is 3.14. The molecule has 4 rings (SSSR count). The number of hydrogen-bond acceptors (Lipinski definition) is 6. The van der Waals surface area contributed by atoms with Gasteiger partial charge in [0.25, 0.3) is 5.91 Å². The third-order valence-electron chi connectivity index (χ3n) is 4.68. The van der Waals surface area contributed by atoms with Gasteiger partial charge in [0, 0.05) is 41.4 Å². The summed E-state index contributed by atoms with van der Waals surface area (Å²) in [6, 6.07) is 16.0. The average molecular weight is 426 g/mol. The van der Waals surface area contributed by atoms with Crippen LogP contribution in [0.4, 0.5) is 5.82 Å². The number of morpholine rings is 1. The second kappa shape index (κ2) is 9.91. The number of aromatic nitrogens is 1. The number of rotatable bonds is 7. The molecule has 0 spiro atoms. The van der Waals surface area contributed by atoms with E-state index >= 15 is 0 Å². The molecular formula is C22H23N3O2S2. The van der Waals surface area contributed by atoms with Crippen molar-refractivity contribution >= 4 is 34.8 Å². The van der Waals surface area contributed by atoms with Crippen molar-refractivity contribution in [2.45, 2.75) is 17.2 Å². The van der Waals surface area contributed by atoms with E-state index in [2.05, 4.69) is 32.7 Å². The van der Waals surface area contributed by atoms with Gasteiger partial charge in [-0.25, -0.2) is 4.98 Å². The molecule has 7 heteroatoms. The molecule has 0 saturated carbocycles. The highest BCUT2D eigenvalue weighted by Gasteiger charge is 2.14. The molecule has 0 aliphatic carbocycles. The predicted octanol–water partition coefficient (Wildman–Crippen LogP) is 4.20. The van der Waals surface area contributed by atoms with Gasteiger partial charge in [-0.1, -0.05) is 18.2 Å². The number of nitrogens with one attached hydrogen (secondary N) is 1. The topological polar surface area (TPSA) is 54.5 Å². The van der Waals surface area contributed by atoms with Crippen LogP contribution in [0.2, 0.25) is 0 Å². The number of thiophene rings is 1. The Balaban J connectivity index is 1.38. The second-order valence-corrected chi connectivity index (χ2v) is 8.72. The molecule has 1 aliphatic heterocycles. The molecule has 0 atom stereocenters. The van der Waals surface area contributed by atoms with Crippen molar-refractivity contribution in [3.63, 3.8) is 0 Å². The highest BCUT2D eigenvalue weighted by atomic mass is 32.2. The lowest BCUT2D eigenvalue weighted by atomic mass is 10.2. The Bertz CT molecular complexity index is 941. The number of anilines is 1. The first-order valence-electron chi connectivity index (χ1n) is 9.59. The van der Waals surface area contributed by atoms with E-state index in [1.54, 1.807) is 29.3 Å². The maximum atomic E-state index is 12.8. The molecule has 1 saturated heterocycles. The molecule has 3 heterocycles. The molecule has 1 aromatic carbocycles. The van der Waals surface area contributed by atoms with Crippen LogP contribution in [0.5, 0.6) is 0 Å². The van der Waals surface area contributed by atoms with E-state index in [9.17, 15) is 4.79 Å². The summed E-state index contributed by atoms with van der Waals surface area (Å²) in [5, 5.41) is 5.14. The molecule has 3 aromatic rings. The van der Waals surface area contributed by atoms with E-state index < -0.39 is 0 Å². The fraction of sp³-hybridized carbons (Fsp3) is 0.273. The van der Waals surface area contributed by atoms with Gasteiger partial charge in [0.2, 0.25) is 0 Å². The summed E-state index contributed by atoms with van der Waals surface area (Å²) >= 11 is 3.43. The minimum absolute atomic E-state index is 0.0518. The highest BCUT2D eigenvalue weighted by molar-refractivity contribution is 7.98. The number of ether oxygens (including phenoxy) is 1. The fourth-order valence-corrected chi connectivity index (χ4v) is 4.96. The van der Waals surface area contributed by atoms with Crippen molar-refractivity contribution < 1.29 is 9.53 Å². The maximum Gasteiger partial charge on any atom is 0.252 e. The molecule has 150 valence electrons. The molecule has 2 aromatic heterocycles. The molecule has 5 nitrogen and oxygen atoms in total. The van der Waals surface area contributed by atoms with Crippen molar-refractivity contribution in [2.75, 3.05) is 31.2 Å². The quantitative estimate of drug-likeness (QED) is 0.575. The summed E-state index contributed by atoms with van der Waals surface area (Å²) in [4.78, 5) is 21.8. The summed E-state index contributed by atoms with van der Waals surface area (Å²) < 4.78 is 5.41. The Morgan fingerprint density at radius 2 is 2.03 bits per heavy atom. The molecule has 0 radical (unpaired) electrons. The van der Waals surface area contributed by atoms with Crippen molar-refractivity contribution in [1.29, 1.82) is 0 Å². The largest absolute Gasteiger partial charge is 0.378 e. The van der Waals surface area contributed by atoms with Gasteiger partial charge in [-0.05, 0) is 41.3 Å². The molecular weight excluding hydrogens is 402 g/mol. The van der Waals surface area contributed by atoms with E-state index in [0.29, 0.717) is 6.54 Å². The van der Waals surface area contributed by atoms with E-state index in [0.717, 1.165) is 53.9 Å². The van der Waals surface area contributed by atoms with Crippen LogP contribution in [-0.2, 0) is 17.0 Å². The number of carbonyl (C=O) groups is 1. The zero-order valence-corrected chi connectivity index (χ0v) is 17.7. The Kier molecular flexibility index (Phi) is 6.82. The first-order valence-corrected chi connectivity index (χ1v) is 11.5. The Hall–Kier alpha value is -2.35. The van der Waals surface area contributed by atoms with E-state index in [1.807, 2.05) is 36.4 Å². The predicted molar refractivity (Wildman–Crippen MR) is 119 cm³/mol. The number of nitrogens with zero attached hydrogens (tertiary/aromatic N) is 2. The van der Waals surface area contributed by atoms with Crippen molar-refractivity contribution in [1.82, 2.24) is 10.3 Å². The lowest BCUT2D eigenvalue weighted by Crippen LogP contribution is -2.36. The van der Waals surface area contributed by atoms with Gasteiger partial charge in [-0.3, -0.25) is 4.79 Å². The van der Waals surface area contributed by atoms with Gasteiger partial charge in [-0.2, -0.15) is 0 Å². The molecule has 29 heavy (non-hydrogen) atoms. The standard InChI is InChI=1S/C22H23N3O2S2/c26-22(19-5-1-2-6-20(19)29-16-18-4-3-13-28-18)24-15-17-7-8-23-21(14-17)25-9-11-27-12-10-25/h1-8,13-14H,9-12,15-16H2,(H,24,26). The summed E-state index contributed by atoms with van der Waals surface area (Å²) in [6.07, 6.45) is 1.80. The molecule has 0 unspecified atom stereocenters. The van der Waals surface area contributed by atoms with Crippen LogP contribution in [0, 0.1) is 0 Å². The van der Waals surface area contributed by atoms with E-state index in [4.69, 9.17) is 4.74 Å². The normalized spacial score (nSPS) is 14.0. The van der Waals surface area contributed by atoms with Crippen LogP contribution in [0.15, 0.2) is 65.0 Å². The first kappa shape index (κ1) is 19.9. The summed E-state index contributed by atoms with van der Waals surface area (Å²) in [6.45, 7) is 3.61. The van der Waals surface area contributed by atoms with Gasteiger partial charge in [0.15, 0.2) is 0 Å². The number of carbonyl (C=O) groups excluding carboxylic acids is 1. The van der Waals surface area contributed by atoms with Crippen LogP contribution in [0.3, 0.4) is 0 Å². The molecule has 1 amide bonds. The summed E-state index contributed by atoms with van der Waals surface area (Å²) in [7, 11) is 0. The lowest BCUT2D eigenvalue weighted by molar-refractivity contribution is 0.0948. The number of amides is 1. The molecule has 1 aliphatic rings. The summed E-state index contributed by atoms with van der Waals surface area (Å²) in [5.41, 5.74) is 1.76. The van der Waals surface area contributed by atoms with E-state index in [1.165, 1.54) is 4.88 Å². The number of thioether (sulfide) groups is 1. The summed E-state index contributed by atoms with van der Waals surface area (Å²) in [5.74, 6) is 1.76. The zero-order chi connectivity index (χ0) is 19.9. The number of pyridine rings is 1. The lowest BCUT2D eigenvalue weighted by Gasteiger charge is -2.28. The Labute approximate surface area is 179 Å². The van der Waals surface area contributed by atoms with Crippen LogP contribution in [0.1, 0.15) is 20.8 Å². The van der Waals surface area contributed by atoms with Crippen molar-refractivity contribution in [2.24, 2.45) is 0 Å². The average Bonchev–Trinajstić information content (AvgIpc) is 3.31. The Morgan fingerprint density at radius 3 is 2.86 bits per heavy atom. The van der Waals surface area contributed by atoms with Crippen LogP contribution < -0.4 is 10.2 Å². The van der Waals surface area contributed by atoms with Gasteiger partial charge in [-0.15, -0.1) is 23.1 Å². The van der Waals surface area contributed by atoms with Crippen molar-refractivity contribution in [3.8, 4) is 0 Å². The van der Waals surface area contributed by atoms with Gasteiger partial charge < -0.3 is 15.0 Å². The minimum atomic E-state index is -0.0518. The minimum Gasteiger partial charge on any atom is -0.378 e. The second-order valence-electron chi connectivity index (χ2n) is 6.67. The smallest absolute Gasteiger partial charge is 0.252 e. The van der Waals surface area contributed by atoms with Crippen LogP contribution >= 0.6 is 23.1 Å². The van der Waals surface area contributed by atoms with Crippen LogP contribution in [0.25, 0.3) is 0 Å². The number of hydrogen-bond donors (Lipinski definition) is 1. The SMILES string of the molecule is O=C(NCc1ccnc(N2CCOCC2)c1)c1ccccc1SCc1cccs1. The third-order valence-corrected chi connectivity index (χ3v) is 6.86. The first-order chi connectivity index (χ1) is 14.3. The third kappa shape index (κ3) is 5.38. The number of benzene rings is 1. The molecule has 0 bridgehead atoms. The van der Waals surface area contributed by atoms with Crippen LogP contribution in [-0.4, -0.2) is 37.2 Å². The monoisotopic (exact) mass is 425 g/mol. The van der Waals surface area contributed by atoms with Gasteiger partial charge in [0.1, 0.15) is 5.82 Å². The van der Waals surface area contributed by atoms with E-state index in [-0.39, 0.29) is 5.91 Å². The highest BCUT2D eigenvalue weighted by Crippen LogP contribution is 2.28. The van der Waals surface area contributed by atoms with Crippen molar-refractivity contribution in [3.05, 3.63) is 76.1 Å². The molecule has 1 fully saturated rings. The zero-order valence-electron chi connectivity index (χ0n) is 16.0. The molecule has 1 N–H and O–H groups in total. The van der Waals surface area contributed by atoms with Gasteiger partial charge >= 0.3 is 0 Å². The maximum absolute atomic E-state index is 12.8.